The van der Waals surface area contributed by atoms with E-state index in [1.54, 1.807) is 12.4 Å². The van der Waals surface area contributed by atoms with Crippen LogP contribution in [-0.4, -0.2) is 55.6 Å². The average Bonchev–Trinajstić information content (AvgIpc) is 3.12. The van der Waals surface area contributed by atoms with Crippen molar-refractivity contribution in [2.45, 2.75) is 31.8 Å². The fraction of sp³-hybridized carbons (Fsp3) is 0.400. The standard InChI is InChI=1S/C20H22N6O2/c27-19-7-13(10-26(19)15-5-6-15)9-21-20(28)17-8-14(23-24-17)11-25-12-22-16-3-1-2-4-18(16)25/h1-4,8,12-13,15H,5-7,9-11H2,(H,21,28)(H,23,24)/t13-/m1/s1. The molecule has 2 aromatic heterocycles. The van der Waals surface area contributed by atoms with Gasteiger partial charge in [0, 0.05) is 31.5 Å². The van der Waals surface area contributed by atoms with Gasteiger partial charge in [0.15, 0.2) is 0 Å². The van der Waals surface area contributed by atoms with E-state index >= 15 is 0 Å². The van der Waals surface area contributed by atoms with Crippen LogP contribution >= 0.6 is 0 Å². The molecule has 2 fully saturated rings. The number of hydrogen-bond donors (Lipinski definition) is 2. The van der Waals surface area contributed by atoms with E-state index < -0.39 is 0 Å². The van der Waals surface area contributed by atoms with Crippen LogP contribution < -0.4 is 5.32 Å². The van der Waals surface area contributed by atoms with Crippen molar-refractivity contribution >= 4 is 22.8 Å². The topological polar surface area (TPSA) is 95.9 Å². The van der Waals surface area contributed by atoms with Gasteiger partial charge in [0.05, 0.1) is 29.6 Å². The fourth-order valence-corrected chi connectivity index (χ4v) is 3.89. The number of para-hydroxylation sites is 2. The number of H-pyrrole nitrogens is 1. The molecule has 2 N–H and O–H groups in total. The molecule has 0 bridgehead atoms. The van der Waals surface area contributed by atoms with Crippen LogP contribution in [0.2, 0.25) is 0 Å². The average molecular weight is 378 g/mol. The van der Waals surface area contributed by atoms with Crippen LogP contribution in [0.5, 0.6) is 0 Å². The van der Waals surface area contributed by atoms with Crippen molar-refractivity contribution < 1.29 is 9.59 Å². The zero-order chi connectivity index (χ0) is 19.1. The number of nitrogens with one attached hydrogen (secondary N) is 2. The maximum absolute atomic E-state index is 12.4. The van der Waals surface area contributed by atoms with Gasteiger partial charge >= 0.3 is 0 Å². The Kier molecular flexibility index (Phi) is 4.11. The lowest BCUT2D eigenvalue weighted by Gasteiger charge is -2.15. The van der Waals surface area contributed by atoms with E-state index in [9.17, 15) is 9.59 Å². The largest absolute Gasteiger partial charge is 0.350 e. The number of aromatic nitrogens is 4. The molecule has 1 aliphatic heterocycles. The van der Waals surface area contributed by atoms with Crippen molar-refractivity contribution in [2.75, 3.05) is 13.1 Å². The normalized spacial score (nSPS) is 19.5. The first-order valence-corrected chi connectivity index (χ1v) is 9.69. The summed E-state index contributed by atoms with van der Waals surface area (Å²) in [6, 6.07) is 10.1. The Morgan fingerprint density at radius 1 is 1.29 bits per heavy atom. The zero-order valence-electron chi connectivity index (χ0n) is 15.5. The number of aromatic amines is 1. The summed E-state index contributed by atoms with van der Waals surface area (Å²) in [6.07, 6.45) is 4.55. The van der Waals surface area contributed by atoms with Crippen LogP contribution in [0.4, 0.5) is 0 Å². The molecule has 1 saturated heterocycles. The molecule has 8 heteroatoms. The predicted octanol–water partition coefficient (Wildman–Crippen LogP) is 1.55. The Morgan fingerprint density at radius 3 is 3.00 bits per heavy atom. The number of likely N-dealkylation sites (tertiary alicyclic amines) is 1. The quantitative estimate of drug-likeness (QED) is 0.680. The highest BCUT2D eigenvalue weighted by molar-refractivity contribution is 5.92. The highest BCUT2D eigenvalue weighted by Crippen LogP contribution is 2.32. The highest BCUT2D eigenvalue weighted by atomic mass is 16.2. The van der Waals surface area contributed by atoms with Crippen molar-refractivity contribution in [1.82, 2.24) is 30.0 Å². The second-order valence-corrected chi connectivity index (χ2v) is 7.70. The molecule has 1 saturated carbocycles. The van der Waals surface area contributed by atoms with Gasteiger partial charge < -0.3 is 14.8 Å². The number of carbonyl (C=O) groups excluding carboxylic acids is 2. The van der Waals surface area contributed by atoms with E-state index in [0.717, 1.165) is 36.1 Å². The molecular formula is C20H22N6O2. The van der Waals surface area contributed by atoms with Crippen LogP contribution in [0.15, 0.2) is 36.7 Å². The lowest BCUT2D eigenvalue weighted by Crippen LogP contribution is -2.32. The third-order valence-corrected chi connectivity index (χ3v) is 5.51. The summed E-state index contributed by atoms with van der Waals surface area (Å²) in [4.78, 5) is 30.8. The maximum atomic E-state index is 12.4. The Balaban J connectivity index is 1.19. The Labute approximate surface area is 161 Å². The van der Waals surface area contributed by atoms with Crippen molar-refractivity contribution in [2.24, 2.45) is 5.92 Å². The maximum Gasteiger partial charge on any atom is 0.271 e. The van der Waals surface area contributed by atoms with Crippen molar-refractivity contribution in [3.8, 4) is 0 Å². The van der Waals surface area contributed by atoms with Gasteiger partial charge in [-0.15, -0.1) is 0 Å². The Hall–Kier alpha value is -3.16. The van der Waals surface area contributed by atoms with Crippen molar-refractivity contribution in [3.63, 3.8) is 0 Å². The van der Waals surface area contributed by atoms with Crippen LogP contribution in [0.25, 0.3) is 11.0 Å². The summed E-state index contributed by atoms with van der Waals surface area (Å²) in [5, 5.41) is 10.00. The Bertz CT molecular complexity index is 1030. The summed E-state index contributed by atoms with van der Waals surface area (Å²) in [7, 11) is 0. The minimum atomic E-state index is -0.213. The van der Waals surface area contributed by atoms with Crippen LogP contribution in [-0.2, 0) is 11.3 Å². The van der Waals surface area contributed by atoms with Gasteiger partial charge in [-0.25, -0.2) is 4.98 Å². The molecule has 0 spiro atoms. The number of rotatable bonds is 6. The molecule has 3 heterocycles. The summed E-state index contributed by atoms with van der Waals surface area (Å²) >= 11 is 0. The molecule has 1 aromatic carbocycles. The number of amides is 2. The third-order valence-electron chi connectivity index (χ3n) is 5.51. The first-order valence-electron chi connectivity index (χ1n) is 9.69. The summed E-state index contributed by atoms with van der Waals surface area (Å²) in [5.41, 5.74) is 3.17. The minimum absolute atomic E-state index is 0.188. The molecule has 8 nitrogen and oxygen atoms in total. The van der Waals surface area contributed by atoms with E-state index in [0.29, 0.717) is 31.2 Å². The van der Waals surface area contributed by atoms with E-state index in [1.807, 2.05) is 33.7 Å². The number of imidazole rings is 1. The molecule has 3 aromatic rings. The molecule has 1 atom stereocenters. The van der Waals surface area contributed by atoms with Crippen molar-refractivity contribution in [1.29, 1.82) is 0 Å². The number of fused-ring (bicyclic) bond motifs is 1. The van der Waals surface area contributed by atoms with Gasteiger partial charge in [0.2, 0.25) is 5.91 Å². The lowest BCUT2D eigenvalue weighted by molar-refractivity contribution is -0.128. The zero-order valence-corrected chi connectivity index (χ0v) is 15.5. The highest BCUT2D eigenvalue weighted by Gasteiger charge is 2.39. The summed E-state index contributed by atoms with van der Waals surface area (Å²) in [6.45, 7) is 1.82. The lowest BCUT2D eigenvalue weighted by atomic mass is 10.1. The third kappa shape index (κ3) is 3.26. The Morgan fingerprint density at radius 2 is 2.14 bits per heavy atom. The van der Waals surface area contributed by atoms with Gasteiger partial charge in [-0.2, -0.15) is 5.10 Å². The van der Waals surface area contributed by atoms with Gasteiger partial charge in [0.25, 0.3) is 5.91 Å². The molecule has 0 radical (unpaired) electrons. The van der Waals surface area contributed by atoms with Gasteiger partial charge in [-0.3, -0.25) is 14.7 Å². The summed E-state index contributed by atoms with van der Waals surface area (Å²) < 4.78 is 2.02. The molecule has 2 amide bonds. The SMILES string of the molecule is O=C(NC[C@H]1CC(=O)N(C2CC2)C1)c1cc(Cn2cnc3ccccc32)[nH]n1. The van der Waals surface area contributed by atoms with E-state index in [4.69, 9.17) is 0 Å². The molecule has 5 rings (SSSR count). The molecule has 1 aliphatic carbocycles. The van der Waals surface area contributed by atoms with Gasteiger partial charge in [-0.1, -0.05) is 12.1 Å². The number of benzene rings is 1. The number of carbonyl (C=O) groups is 2. The van der Waals surface area contributed by atoms with Crippen LogP contribution in [0, 0.1) is 5.92 Å². The van der Waals surface area contributed by atoms with Crippen LogP contribution in [0.1, 0.15) is 35.4 Å². The monoisotopic (exact) mass is 378 g/mol. The van der Waals surface area contributed by atoms with Gasteiger partial charge in [-0.05, 0) is 31.0 Å². The molecule has 28 heavy (non-hydrogen) atoms. The number of hydrogen-bond acceptors (Lipinski definition) is 4. The first-order chi connectivity index (χ1) is 13.7. The molecule has 2 aliphatic rings. The van der Waals surface area contributed by atoms with E-state index in [2.05, 4.69) is 20.5 Å². The molecular weight excluding hydrogens is 356 g/mol. The van der Waals surface area contributed by atoms with Crippen LogP contribution in [0.3, 0.4) is 0 Å². The second-order valence-electron chi connectivity index (χ2n) is 7.70. The minimum Gasteiger partial charge on any atom is -0.350 e. The van der Waals surface area contributed by atoms with Gasteiger partial charge in [0.1, 0.15) is 5.69 Å². The second kappa shape index (κ2) is 6.78. The van der Waals surface area contributed by atoms with E-state index in [1.165, 1.54) is 0 Å². The summed E-state index contributed by atoms with van der Waals surface area (Å²) in [5.74, 6) is 0.194. The molecule has 144 valence electrons. The number of nitrogens with zero attached hydrogens (tertiary/aromatic N) is 4. The first kappa shape index (κ1) is 17.0. The van der Waals surface area contributed by atoms with E-state index in [-0.39, 0.29) is 17.7 Å². The van der Waals surface area contributed by atoms with Crippen molar-refractivity contribution in [3.05, 3.63) is 48.0 Å². The predicted molar refractivity (Wildman–Crippen MR) is 103 cm³/mol. The fourth-order valence-electron chi connectivity index (χ4n) is 3.89. The molecule has 0 unspecified atom stereocenters. The smallest absolute Gasteiger partial charge is 0.271 e.